The van der Waals surface area contributed by atoms with Crippen LogP contribution in [0.2, 0.25) is 0 Å². The number of fused-ring (bicyclic) bond motifs is 3. The van der Waals surface area contributed by atoms with E-state index in [4.69, 9.17) is 14.2 Å². The van der Waals surface area contributed by atoms with Crippen LogP contribution in [-0.2, 0) is 33.4 Å². The molecule has 0 spiro atoms. The molecule has 1 aliphatic carbocycles. The Morgan fingerprint density at radius 1 is 0.727 bits per heavy atom. The molecule has 0 saturated heterocycles. The quantitative estimate of drug-likeness (QED) is 0.229. The lowest BCUT2D eigenvalue weighted by Crippen LogP contribution is -2.52. The largest absolute Gasteiger partial charge is 0.480 e. The molecule has 44 heavy (non-hydrogen) atoms. The maximum atomic E-state index is 13.2. The molecular weight excluding hydrogens is 568 g/mol. The topological polar surface area (TPSA) is 157 Å². The Labute approximate surface area is 257 Å². The third kappa shape index (κ3) is 10.1. The van der Waals surface area contributed by atoms with Gasteiger partial charge in [-0.1, -0.05) is 48.5 Å². The van der Waals surface area contributed by atoms with Crippen molar-refractivity contribution in [1.29, 1.82) is 0 Å². The highest BCUT2D eigenvalue weighted by atomic mass is 16.6. The average molecular weight is 611 g/mol. The molecule has 0 heterocycles. The van der Waals surface area contributed by atoms with Crippen molar-refractivity contribution in [2.45, 2.75) is 96.4 Å². The van der Waals surface area contributed by atoms with Crippen LogP contribution in [0.25, 0.3) is 11.1 Å². The summed E-state index contributed by atoms with van der Waals surface area (Å²) in [7, 11) is 0. The van der Waals surface area contributed by atoms with E-state index in [-0.39, 0.29) is 38.2 Å². The van der Waals surface area contributed by atoms with Gasteiger partial charge in [-0.25, -0.2) is 9.59 Å². The van der Waals surface area contributed by atoms with Crippen LogP contribution in [-0.4, -0.2) is 64.9 Å². The predicted molar refractivity (Wildman–Crippen MR) is 162 cm³/mol. The van der Waals surface area contributed by atoms with Gasteiger partial charge in [-0.3, -0.25) is 14.4 Å². The molecule has 238 valence electrons. The van der Waals surface area contributed by atoms with Gasteiger partial charge in [-0.05, 0) is 76.6 Å². The maximum absolute atomic E-state index is 13.2. The van der Waals surface area contributed by atoms with Gasteiger partial charge in [0.15, 0.2) is 0 Å². The summed E-state index contributed by atoms with van der Waals surface area (Å²) in [5.41, 5.74) is 2.62. The number of nitrogens with one attached hydrogen (secondary N) is 2. The number of esters is 2. The molecular formula is C33H42N2O9. The zero-order chi connectivity index (χ0) is 32.7. The van der Waals surface area contributed by atoms with E-state index in [0.29, 0.717) is 0 Å². The van der Waals surface area contributed by atoms with Gasteiger partial charge in [0.25, 0.3) is 0 Å². The number of alkyl carbamates (subject to hydrolysis) is 1. The van der Waals surface area contributed by atoms with E-state index in [1.54, 1.807) is 41.5 Å². The summed E-state index contributed by atoms with van der Waals surface area (Å²) in [5, 5.41) is 14.5. The van der Waals surface area contributed by atoms with E-state index < -0.39 is 53.2 Å². The van der Waals surface area contributed by atoms with Gasteiger partial charge in [0.05, 0.1) is 0 Å². The lowest BCUT2D eigenvalue weighted by molar-refractivity contribution is -0.156. The monoisotopic (exact) mass is 610 g/mol. The minimum Gasteiger partial charge on any atom is -0.480 e. The number of aliphatic carboxylic acids is 1. The molecule has 3 rings (SSSR count). The molecule has 2 atom stereocenters. The van der Waals surface area contributed by atoms with Gasteiger partial charge in [0, 0.05) is 18.8 Å². The summed E-state index contributed by atoms with van der Waals surface area (Å²) >= 11 is 0. The number of benzene rings is 2. The van der Waals surface area contributed by atoms with Gasteiger partial charge < -0.3 is 30.0 Å². The number of ether oxygens (including phenoxy) is 3. The molecule has 0 saturated carbocycles. The van der Waals surface area contributed by atoms with E-state index in [1.807, 2.05) is 48.5 Å². The molecule has 11 nitrogen and oxygen atoms in total. The fraction of sp³-hybridized carbons (Fsp3) is 0.485. The van der Waals surface area contributed by atoms with Crippen molar-refractivity contribution in [1.82, 2.24) is 10.6 Å². The summed E-state index contributed by atoms with van der Waals surface area (Å²) in [6, 6.07) is 12.9. The van der Waals surface area contributed by atoms with Crippen LogP contribution in [0.15, 0.2) is 48.5 Å². The standard InChI is InChI=1S/C33H42N2O9/c1-32(2,3)43-27(36)17-15-25(29(38)34-26(30(39)40)16-18-28(37)44-33(4,5)6)35-31(41)42-19-24-22-13-9-7-11-20(22)21-12-8-10-14-23(21)24/h7-14,24-26H,15-19H2,1-6H3,(H,34,38)(H,35,41)(H,39,40). The molecule has 0 aliphatic heterocycles. The van der Waals surface area contributed by atoms with Gasteiger partial charge in [-0.2, -0.15) is 0 Å². The summed E-state index contributed by atoms with van der Waals surface area (Å²) < 4.78 is 16.1. The molecule has 11 heteroatoms. The molecule has 0 radical (unpaired) electrons. The van der Waals surface area contributed by atoms with Crippen molar-refractivity contribution < 1.29 is 43.3 Å². The summed E-state index contributed by atoms with van der Waals surface area (Å²) in [6.45, 7) is 10.2. The van der Waals surface area contributed by atoms with E-state index in [2.05, 4.69) is 10.6 Å². The molecule has 0 bridgehead atoms. The third-order valence-electron chi connectivity index (χ3n) is 6.68. The first-order valence-electron chi connectivity index (χ1n) is 14.6. The van der Waals surface area contributed by atoms with Crippen molar-refractivity contribution in [3.8, 4) is 11.1 Å². The van der Waals surface area contributed by atoms with Crippen molar-refractivity contribution in [2.75, 3.05) is 6.61 Å². The smallest absolute Gasteiger partial charge is 0.407 e. The Kier molecular flexibility index (Phi) is 11.1. The van der Waals surface area contributed by atoms with E-state index >= 15 is 0 Å². The Balaban J connectivity index is 1.69. The van der Waals surface area contributed by atoms with Crippen molar-refractivity contribution in [3.05, 3.63) is 59.7 Å². The second-order valence-corrected chi connectivity index (χ2v) is 12.7. The fourth-order valence-corrected chi connectivity index (χ4v) is 4.89. The van der Waals surface area contributed by atoms with Gasteiger partial charge >= 0.3 is 24.0 Å². The van der Waals surface area contributed by atoms with E-state index in [9.17, 15) is 29.1 Å². The summed E-state index contributed by atoms with van der Waals surface area (Å²) in [5.74, 6) is -3.64. The zero-order valence-electron chi connectivity index (χ0n) is 26.1. The van der Waals surface area contributed by atoms with Gasteiger partial charge in [0.2, 0.25) is 5.91 Å². The van der Waals surface area contributed by atoms with Crippen LogP contribution in [0.1, 0.15) is 84.3 Å². The highest BCUT2D eigenvalue weighted by Gasteiger charge is 2.32. The number of carbonyl (C=O) groups excluding carboxylic acids is 4. The average Bonchev–Trinajstić information content (AvgIpc) is 3.23. The minimum atomic E-state index is -1.44. The second kappa shape index (κ2) is 14.4. The minimum absolute atomic E-state index is 0.00605. The van der Waals surface area contributed by atoms with Crippen molar-refractivity contribution in [3.63, 3.8) is 0 Å². The van der Waals surface area contributed by atoms with Crippen LogP contribution >= 0.6 is 0 Å². The summed E-state index contributed by atoms with van der Waals surface area (Å²) in [4.78, 5) is 62.6. The first kappa shape index (κ1) is 34.1. The van der Waals surface area contributed by atoms with Crippen LogP contribution in [0, 0.1) is 0 Å². The van der Waals surface area contributed by atoms with Crippen LogP contribution in [0.4, 0.5) is 4.79 Å². The van der Waals surface area contributed by atoms with Gasteiger partial charge in [0.1, 0.15) is 29.9 Å². The Morgan fingerprint density at radius 2 is 1.18 bits per heavy atom. The molecule has 1 aliphatic rings. The Bertz CT molecular complexity index is 1330. The van der Waals surface area contributed by atoms with Crippen LogP contribution in [0.3, 0.4) is 0 Å². The first-order chi connectivity index (χ1) is 20.5. The fourth-order valence-electron chi connectivity index (χ4n) is 4.89. The maximum Gasteiger partial charge on any atom is 0.407 e. The molecule has 3 N–H and O–H groups in total. The predicted octanol–water partition coefficient (Wildman–Crippen LogP) is 4.71. The van der Waals surface area contributed by atoms with Crippen molar-refractivity contribution >= 4 is 29.9 Å². The summed E-state index contributed by atoms with van der Waals surface area (Å²) in [6.07, 6.45) is -1.80. The number of amides is 2. The Morgan fingerprint density at radius 3 is 1.64 bits per heavy atom. The molecule has 2 aromatic carbocycles. The number of carbonyl (C=O) groups is 5. The number of hydrogen-bond acceptors (Lipinski definition) is 8. The SMILES string of the molecule is CC(C)(C)OC(=O)CCC(NC(=O)C(CCC(=O)OC(C)(C)C)NC(=O)OCC1c2ccccc2-c2ccccc21)C(=O)O. The van der Waals surface area contributed by atoms with Gasteiger partial charge in [-0.15, -0.1) is 0 Å². The molecule has 0 fully saturated rings. The molecule has 0 aromatic heterocycles. The molecule has 2 amide bonds. The zero-order valence-corrected chi connectivity index (χ0v) is 26.1. The molecule has 2 unspecified atom stereocenters. The number of rotatable bonds is 12. The second-order valence-electron chi connectivity index (χ2n) is 12.7. The Hall–Kier alpha value is -4.41. The molecule has 2 aromatic rings. The number of hydrogen-bond donors (Lipinski definition) is 3. The first-order valence-corrected chi connectivity index (χ1v) is 14.6. The van der Waals surface area contributed by atoms with Crippen molar-refractivity contribution in [2.24, 2.45) is 0 Å². The van der Waals surface area contributed by atoms with E-state index in [0.717, 1.165) is 22.3 Å². The lowest BCUT2D eigenvalue weighted by Gasteiger charge is -2.23. The van der Waals surface area contributed by atoms with E-state index in [1.165, 1.54) is 0 Å². The van der Waals surface area contributed by atoms with Crippen LogP contribution < -0.4 is 10.6 Å². The van der Waals surface area contributed by atoms with Crippen LogP contribution in [0.5, 0.6) is 0 Å². The highest BCUT2D eigenvalue weighted by Crippen LogP contribution is 2.44. The number of carboxylic acid groups (broad SMARTS) is 1. The normalized spacial score (nSPS) is 14.0. The third-order valence-corrected chi connectivity index (χ3v) is 6.68. The lowest BCUT2D eigenvalue weighted by atomic mass is 9.98. The highest BCUT2D eigenvalue weighted by molar-refractivity contribution is 5.90. The number of carboxylic acids is 1.